The molecule has 9 rings (SSSR count). The number of H-pyrrole nitrogens is 2. The van der Waals surface area contributed by atoms with Crippen molar-refractivity contribution in [3.05, 3.63) is 97.1 Å². The van der Waals surface area contributed by atoms with Crippen molar-refractivity contribution in [3.8, 4) is 45.6 Å². The molecule has 0 aliphatic carbocycles. The van der Waals surface area contributed by atoms with Gasteiger partial charge in [0, 0.05) is 43.8 Å². The first-order valence-corrected chi connectivity index (χ1v) is 13.0. The normalized spacial score (nSPS) is 11.4. The molecule has 0 spiro atoms. The van der Waals surface area contributed by atoms with Crippen LogP contribution in [0.2, 0.25) is 0 Å². The fourth-order valence-corrected chi connectivity index (χ4v) is 5.59. The van der Waals surface area contributed by atoms with Crippen LogP contribution in [-0.4, -0.2) is 62.7 Å². The molecule has 9 nitrogen and oxygen atoms in total. The first-order chi connectivity index (χ1) is 19.8. The molecule has 0 unspecified atom stereocenters. The molecule has 0 fully saturated rings. The van der Waals surface area contributed by atoms with Gasteiger partial charge in [0.1, 0.15) is 22.6 Å². The van der Waals surface area contributed by atoms with E-state index in [2.05, 4.69) is 9.97 Å². The fourth-order valence-electron chi connectivity index (χ4n) is 5.59. The van der Waals surface area contributed by atoms with E-state index in [-0.39, 0.29) is 22.8 Å². The van der Waals surface area contributed by atoms with Crippen molar-refractivity contribution >= 4 is 61.5 Å². The molecule has 4 aromatic carbocycles. The van der Waals surface area contributed by atoms with E-state index in [4.69, 9.17) is 29.9 Å². The first-order valence-electron chi connectivity index (χ1n) is 13.0. The Labute approximate surface area is 248 Å². The maximum absolute atomic E-state index is 5.02. The van der Waals surface area contributed by atoms with Gasteiger partial charge >= 0.3 is 17.4 Å². The molecule has 10 heteroatoms. The van der Waals surface area contributed by atoms with E-state index in [1.165, 1.54) is 0 Å². The summed E-state index contributed by atoms with van der Waals surface area (Å²) in [5.41, 5.74) is 6.45. The molecule has 0 atom stereocenters. The second-order valence-corrected chi connectivity index (χ2v) is 9.79. The molecule has 2 aliphatic rings. The van der Waals surface area contributed by atoms with E-state index in [0.717, 1.165) is 43.8 Å². The summed E-state index contributed by atoms with van der Waals surface area (Å²) >= 11 is 0. The summed E-state index contributed by atoms with van der Waals surface area (Å²) in [5, 5.41) is 3.82. The third-order valence-corrected chi connectivity index (χ3v) is 7.46. The molecule has 3 aromatic heterocycles. The van der Waals surface area contributed by atoms with Crippen LogP contribution in [0.5, 0.6) is 0 Å². The molecule has 0 radical (unpaired) electrons. The monoisotopic (exact) mass is 558 g/mol. The van der Waals surface area contributed by atoms with Gasteiger partial charge in [0.25, 0.3) is 0 Å². The standard InChI is InChI=1S/C32H18N8.Al.H2O/c1-2-10-18-17(9-1)25-33-26(18)38-28-21-13-5-6-14-22(21)30(35-28)40-32-24-16-8-7-15-23(24)31(36-32)39-29-20-12-4-3-11-19(20)27(34-29)37-25;;/h1-16H,(H2,33,34,35,36,37,38,39,40);;1H2/q;+3;/p-1. The van der Waals surface area contributed by atoms with Crippen LogP contribution in [0.4, 0.5) is 0 Å². The molecular formula is C32H19AlN8O+2. The minimum atomic E-state index is 0. The van der Waals surface area contributed by atoms with Gasteiger partial charge in [-0.1, -0.05) is 97.1 Å². The van der Waals surface area contributed by atoms with Crippen LogP contribution in [0.3, 0.4) is 0 Å². The third kappa shape index (κ3) is 3.74. The Hall–Kier alpha value is -5.27. The Kier molecular flexibility index (Phi) is 5.92. The Bertz CT molecular complexity index is 2040. The quantitative estimate of drug-likeness (QED) is 0.208. The number of benzene rings is 4. The van der Waals surface area contributed by atoms with Crippen LogP contribution in [0.15, 0.2) is 97.1 Å². The summed E-state index contributed by atoms with van der Waals surface area (Å²) in [6, 6.07) is 32.2. The first kappa shape index (κ1) is 25.7. The molecule has 8 bridgehead atoms. The molecule has 0 amide bonds. The van der Waals surface area contributed by atoms with Crippen molar-refractivity contribution in [2.45, 2.75) is 0 Å². The molecule has 0 saturated carbocycles. The number of hydrogen-bond donors (Lipinski definition) is 2. The van der Waals surface area contributed by atoms with Gasteiger partial charge in [-0.3, -0.25) is 0 Å². The summed E-state index contributed by atoms with van der Waals surface area (Å²) < 4.78 is 0. The van der Waals surface area contributed by atoms with Crippen molar-refractivity contribution in [2.75, 3.05) is 0 Å². The van der Waals surface area contributed by atoms with E-state index in [1.807, 2.05) is 97.1 Å². The fraction of sp³-hybridized carbons (Fsp3) is 0. The third-order valence-electron chi connectivity index (χ3n) is 7.46. The van der Waals surface area contributed by atoms with Crippen LogP contribution in [0, 0.1) is 0 Å². The minimum absolute atomic E-state index is 0. The predicted molar refractivity (Wildman–Crippen MR) is 164 cm³/mol. The number of nitrogens with zero attached hydrogens (tertiary/aromatic N) is 6. The van der Waals surface area contributed by atoms with Gasteiger partial charge in [-0.15, -0.1) is 0 Å². The van der Waals surface area contributed by atoms with Crippen molar-refractivity contribution in [1.29, 1.82) is 0 Å². The summed E-state index contributed by atoms with van der Waals surface area (Å²) in [4.78, 5) is 36.8. The maximum atomic E-state index is 5.02. The van der Waals surface area contributed by atoms with Gasteiger partial charge in [0.05, 0.1) is 0 Å². The van der Waals surface area contributed by atoms with E-state index in [9.17, 15) is 0 Å². The number of fused-ring (bicyclic) bond motifs is 20. The molecule has 42 heavy (non-hydrogen) atoms. The van der Waals surface area contributed by atoms with Gasteiger partial charge in [0.2, 0.25) is 0 Å². The van der Waals surface area contributed by atoms with Crippen LogP contribution in [0.25, 0.3) is 89.7 Å². The molecule has 5 heterocycles. The Morgan fingerprint density at radius 2 is 0.571 bits per heavy atom. The average molecular weight is 559 g/mol. The van der Waals surface area contributed by atoms with Gasteiger partial charge in [-0.25, -0.2) is 29.9 Å². The molecule has 194 valence electrons. The van der Waals surface area contributed by atoms with Crippen molar-refractivity contribution in [1.82, 2.24) is 39.9 Å². The van der Waals surface area contributed by atoms with Crippen LogP contribution < -0.4 is 0 Å². The predicted octanol–water partition coefficient (Wildman–Crippen LogP) is 6.31. The second kappa shape index (κ2) is 9.68. The smallest absolute Gasteiger partial charge is 0.870 e. The van der Waals surface area contributed by atoms with Crippen molar-refractivity contribution in [3.63, 3.8) is 0 Å². The van der Waals surface area contributed by atoms with Crippen molar-refractivity contribution < 1.29 is 5.48 Å². The van der Waals surface area contributed by atoms with Gasteiger partial charge in [-0.05, 0) is 0 Å². The molecule has 2 aliphatic heterocycles. The topological polar surface area (TPSA) is 139 Å². The maximum Gasteiger partial charge on any atom is 3.00 e. The van der Waals surface area contributed by atoms with E-state index in [0.29, 0.717) is 45.9 Å². The SMILES string of the molecule is [Al+3].[OH-].c1ccc2c(c1)-c1nc-2nc2[nH]c(nc3nc(nc4[nH]c(n1)c1ccccc41)-c1ccccc1-3)c1ccccc21. The zero-order chi connectivity index (χ0) is 26.2. The largest absolute Gasteiger partial charge is 3.00 e. The summed E-state index contributed by atoms with van der Waals surface area (Å²) in [6.45, 7) is 0. The number of aromatic amines is 2. The zero-order valence-corrected chi connectivity index (χ0v) is 23.1. The minimum Gasteiger partial charge on any atom is -0.870 e. The van der Waals surface area contributed by atoms with Crippen LogP contribution in [-0.2, 0) is 0 Å². The average Bonchev–Trinajstić information content (AvgIpc) is 3.73. The molecule has 7 aromatic rings. The van der Waals surface area contributed by atoms with Crippen LogP contribution in [0.1, 0.15) is 0 Å². The Morgan fingerprint density at radius 3 is 0.833 bits per heavy atom. The Morgan fingerprint density at radius 1 is 0.333 bits per heavy atom. The van der Waals surface area contributed by atoms with E-state index >= 15 is 0 Å². The number of nitrogens with one attached hydrogen (secondary N) is 2. The van der Waals surface area contributed by atoms with Gasteiger partial charge < -0.3 is 15.4 Å². The van der Waals surface area contributed by atoms with E-state index < -0.39 is 0 Å². The number of aromatic nitrogens is 8. The Balaban J connectivity index is 0.00000144. The zero-order valence-electron chi connectivity index (χ0n) is 21.9. The van der Waals surface area contributed by atoms with Gasteiger partial charge in [-0.2, -0.15) is 0 Å². The van der Waals surface area contributed by atoms with Gasteiger partial charge in [0.15, 0.2) is 23.3 Å². The second-order valence-electron chi connectivity index (χ2n) is 9.79. The number of rotatable bonds is 0. The molecular weight excluding hydrogens is 539 g/mol. The number of hydrogen-bond acceptors (Lipinski definition) is 7. The molecule has 3 N–H and O–H groups in total. The van der Waals surface area contributed by atoms with Crippen LogP contribution >= 0.6 is 0 Å². The summed E-state index contributed by atoms with van der Waals surface area (Å²) in [7, 11) is 0. The molecule has 0 saturated heterocycles. The summed E-state index contributed by atoms with van der Waals surface area (Å²) in [5.74, 6) is 2.39. The van der Waals surface area contributed by atoms with Crippen molar-refractivity contribution in [2.24, 2.45) is 0 Å². The van der Waals surface area contributed by atoms with E-state index in [1.54, 1.807) is 0 Å². The summed E-state index contributed by atoms with van der Waals surface area (Å²) in [6.07, 6.45) is 0.